The smallest absolute Gasteiger partial charge is 0.487 e. The van der Waals surface area contributed by atoms with Crippen LogP contribution in [0.4, 0.5) is 0 Å². The Hall–Kier alpha value is -2.94. The molecule has 2 N–H and O–H groups in total. The third-order valence-electron chi connectivity index (χ3n) is 9.25. The Bertz CT molecular complexity index is 1260. The van der Waals surface area contributed by atoms with E-state index in [4.69, 9.17) is 4.65 Å². The Kier molecular flexibility index (Phi) is 7.36. The van der Waals surface area contributed by atoms with Gasteiger partial charge in [0.15, 0.2) is 0 Å². The first-order valence-electron chi connectivity index (χ1n) is 14.4. The van der Waals surface area contributed by atoms with Gasteiger partial charge in [0.05, 0.1) is 17.9 Å². The largest absolute Gasteiger partial charge is 0.508 e. The first-order valence-corrected chi connectivity index (χ1v) is 14.4. The molecule has 4 atom stereocenters. The lowest BCUT2D eigenvalue weighted by atomic mass is 9.54. The molecule has 8 heteroatoms. The number of carbonyl (C=O) groups excluding carboxylic acids is 2. The molecule has 4 aliphatic rings. The van der Waals surface area contributed by atoms with Crippen molar-refractivity contribution in [3.05, 3.63) is 76.8 Å². The molecule has 2 aromatic carbocycles. The second-order valence-electron chi connectivity index (χ2n) is 11.6. The average Bonchev–Trinajstić information content (AvgIpc) is 3.19. The van der Waals surface area contributed by atoms with Gasteiger partial charge in [-0.1, -0.05) is 67.4 Å². The van der Waals surface area contributed by atoms with Gasteiger partial charge in [-0.2, -0.15) is 0 Å². The maximum Gasteiger partial charge on any atom is 0.487 e. The summed E-state index contributed by atoms with van der Waals surface area (Å²) in [5.74, 6) is -1.17. The molecule has 39 heavy (non-hydrogen) atoms. The van der Waals surface area contributed by atoms with Gasteiger partial charge < -0.3 is 14.8 Å². The molecule has 3 heterocycles. The van der Waals surface area contributed by atoms with E-state index in [1.807, 2.05) is 12.1 Å². The fourth-order valence-electron chi connectivity index (χ4n) is 7.47. The highest BCUT2D eigenvalue weighted by molar-refractivity contribution is 6.53. The van der Waals surface area contributed by atoms with Crippen LogP contribution in [-0.4, -0.2) is 58.0 Å². The second-order valence-corrected chi connectivity index (χ2v) is 11.6. The highest BCUT2D eigenvalue weighted by atomic mass is 16.5. The third kappa shape index (κ3) is 4.83. The number of benzene rings is 2. The van der Waals surface area contributed by atoms with E-state index in [2.05, 4.69) is 36.1 Å². The minimum absolute atomic E-state index is 0.0424. The predicted octanol–water partition coefficient (Wildman–Crippen LogP) is 4.26. The summed E-state index contributed by atoms with van der Waals surface area (Å²) >= 11 is 0. The molecule has 0 bridgehead atoms. The van der Waals surface area contributed by atoms with Crippen molar-refractivity contribution in [2.75, 3.05) is 13.1 Å². The van der Waals surface area contributed by atoms with Gasteiger partial charge in [0, 0.05) is 31.2 Å². The van der Waals surface area contributed by atoms with Crippen LogP contribution in [0.15, 0.2) is 65.6 Å². The molecule has 0 spiro atoms. The Morgan fingerprint density at radius 3 is 2.41 bits per heavy atom. The quantitative estimate of drug-likeness (QED) is 0.431. The molecule has 1 aliphatic carbocycles. The topological polar surface area (TPSA) is 90.3 Å². The number of fused-ring (bicyclic) bond motifs is 3. The van der Waals surface area contributed by atoms with Crippen LogP contribution in [0, 0.1) is 17.8 Å². The summed E-state index contributed by atoms with van der Waals surface area (Å²) in [4.78, 5) is 31.9. The second kappa shape index (κ2) is 10.9. The zero-order chi connectivity index (χ0) is 27.1. The summed E-state index contributed by atoms with van der Waals surface area (Å²) in [5, 5.41) is 21.7. The van der Waals surface area contributed by atoms with E-state index in [1.54, 1.807) is 23.1 Å². The standard InChI is InChI=1S/C31H37BN2O5/c1-2-8-21-17-25-28(24-18-27(39-32(38)29(21)24)23-11-6-7-12-26(23)35)31(37)34(30(25)36)22-13-15-33(16-14-22)19-20-9-4-3-5-10-20/h3-7,9-12,22,24-25,27-28,35,38H,2,8,13-19H2,1H3/t24-,25-,27-,28+/m0/s1. The van der Waals surface area contributed by atoms with Crippen molar-refractivity contribution < 1.29 is 24.4 Å². The zero-order valence-electron chi connectivity index (χ0n) is 22.5. The van der Waals surface area contributed by atoms with E-state index in [-0.39, 0.29) is 35.4 Å². The van der Waals surface area contributed by atoms with Crippen LogP contribution < -0.4 is 0 Å². The summed E-state index contributed by atoms with van der Waals surface area (Å²) in [6.45, 7) is 4.67. The summed E-state index contributed by atoms with van der Waals surface area (Å²) < 4.78 is 6.04. The van der Waals surface area contributed by atoms with Gasteiger partial charge >= 0.3 is 7.12 Å². The van der Waals surface area contributed by atoms with Crippen molar-refractivity contribution in [3.63, 3.8) is 0 Å². The summed E-state index contributed by atoms with van der Waals surface area (Å²) in [6.07, 6.45) is 3.65. The normalized spacial score (nSPS) is 28.2. The first kappa shape index (κ1) is 26.3. The molecule has 3 fully saturated rings. The maximum atomic E-state index is 14.1. The van der Waals surface area contributed by atoms with Crippen LogP contribution in [-0.2, 0) is 20.8 Å². The average molecular weight is 528 g/mol. The zero-order valence-corrected chi connectivity index (χ0v) is 22.5. The van der Waals surface area contributed by atoms with Crippen LogP contribution in [0.1, 0.15) is 62.7 Å². The lowest BCUT2D eigenvalue weighted by Gasteiger charge is -2.42. The lowest BCUT2D eigenvalue weighted by Crippen LogP contribution is -2.48. The Morgan fingerprint density at radius 2 is 1.69 bits per heavy atom. The number of aromatic hydroxyl groups is 1. The van der Waals surface area contributed by atoms with Crippen molar-refractivity contribution in [1.29, 1.82) is 0 Å². The number of imide groups is 1. The fourth-order valence-corrected chi connectivity index (χ4v) is 7.47. The number of piperidine rings is 1. The third-order valence-corrected chi connectivity index (χ3v) is 9.25. The van der Waals surface area contributed by atoms with Crippen LogP contribution in [0.5, 0.6) is 5.75 Å². The molecule has 3 aliphatic heterocycles. The minimum atomic E-state index is -1.14. The monoisotopic (exact) mass is 528 g/mol. The van der Waals surface area contributed by atoms with Crippen LogP contribution in [0.2, 0.25) is 0 Å². The van der Waals surface area contributed by atoms with Gasteiger partial charge in [-0.25, -0.2) is 0 Å². The number of para-hydroxylation sites is 1. The summed E-state index contributed by atoms with van der Waals surface area (Å²) in [5.41, 5.74) is 3.74. The SMILES string of the molecule is CCCC1=C2B(O)O[C@H](c3ccccc3O)C[C@H]2[C@H]2C(=O)N(C3CCN(Cc4ccccc4)CC3)C(=O)[C@H]2C1. The van der Waals surface area contributed by atoms with E-state index < -0.39 is 19.1 Å². The summed E-state index contributed by atoms with van der Waals surface area (Å²) in [6, 6.07) is 17.3. The first-order chi connectivity index (χ1) is 19.0. The minimum Gasteiger partial charge on any atom is -0.508 e. The molecule has 6 rings (SSSR count). The maximum absolute atomic E-state index is 14.1. The molecule has 2 aromatic rings. The number of phenols is 1. The van der Waals surface area contributed by atoms with Gasteiger partial charge in [0.25, 0.3) is 0 Å². The Morgan fingerprint density at radius 1 is 0.974 bits per heavy atom. The molecule has 0 saturated carbocycles. The van der Waals surface area contributed by atoms with Gasteiger partial charge in [-0.05, 0) is 55.1 Å². The van der Waals surface area contributed by atoms with Crippen LogP contribution in [0.25, 0.3) is 0 Å². The van der Waals surface area contributed by atoms with Gasteiger partial charge in [-0.15, -0.1) is 0 Å². The van der Waals surface area contributed by atoms with E-state index in [0.717, 1.165) is 56.4 Å². The van der Waals surface area contributed by atoms with E-state index in [9.17, 15) is 19.7 Å². The van der Waals surface area contributed by atoms with Crippen molar-refractivity contribution in [3.8, 4) is 5.75 Å². The van der Waals surface area contributed by atoms with Crippen molar-refractivity contribution >= 4 is 18.9 Å². The molecule has 3 saturated heterocycles. The lowest BCUT2D eigenvalue weighted by molar-refractivity contribution is -0.144. The molecule has 2 amide bonds. The number of allylic oxidation sites excluding steroid dienone is 2. The number of amides is 2. The molecular formula is C31H37BN2O5. The molecule has 7 nitrogen and oxygen atoms in total. The predicted molar refractivity (Wildman–Crippen MR) is 148 cm³/mol. The van der Waals surface area contributed by atoms with Crippen LogP contribution >= 0.6 is 0 Å². The Balaban J connectivity index is 1.23. The molecule has 0 unspecified atom stereocenters. The molecule has 204 valence electrons. The fraction of sp³-hybridized carbons (Fsp3) is 0.484. The number of carbonyl (C=O) groups is 2. The van der Waals surface area contributed by atoms with Gasteiger partial charge in [-0.3, -0.25) is 19.4 Å². The number of nitrogens with zero attached hydrogens (tertiary/aromatic N) is 2. The van der Waals surface area contributed by atoms with Crippen molar-refractivity contribution in [2.24, 2.45) is 17.8 Å². The molecule has 0 aromatic heterocycles. The number of hydrogen-bond donors (Lipinski definition) is 2. The highest BCUT2D eigenvalue weighted by Crippen LogP contribution is 2.53. The number of phenolic OH excluding ortho intramolecular Hbond substituents is 1. The molecular weight excluding hydrogens is 491 g/mol. The number of hydrogen-bond acceptors (Lipinski definition) is 6. The van der Waals surface area contributed by atoms with E-state index >= 15 is 0 Å². The van der Waals surface area contributed by atoms with Gasteiger partial charge in [0.1, 0.15) is 5.75 Å². The number of rotatable bonds is 6. The van der Waals surface area contributed by atoms with Crippen molar-refractivity contribution in [1.82, 2.24) is 9.80 Å². The highest BCUT2D eigenvalue weighted by Gasteiger charge is 2.59. The molecule has 0 radical (unpaired) electrons. The van der Waals surface area contributed by atoms with Gasteiger partial charge in [0.2, 0.25) is 11.8 Å². The Labute approximate surface area is 230 Å². The van der Waals surface area contributed by atoms with E-state index in [1.165, 1.54) is 5.56 Å². The summed E-state index contributed by atoms with van der Waals surface area (Å²) in [7, 11) is -1.14. The van der Waals surface area contributed by atoms with E-state index in [0.29, 0.717) is 18.4 Å². The number of likely N-dealkylation sites (tertiary alicyclic amines) is 2. The van der Waals surface area contributed by atoms with Crippen molar-refractivity contribution in [2.45, 2.75) is 64.1 Å². The van der Waals surface area contributed by atoms with Crippen LogP contribution in [0.3, 0.4) is 0 Å².